The van der Waals surface area contributed by atoms with Crippen LogP contribution in [0.4, 0.5) is 4.79 Å². The smallest absolute Gasteiger partial charge is 0.409 e. The number of likely N-dealkylation sites (tertiary alicyclic amines) is 1. The van der Waals surface area contributed by atoms with Gasteiger partial charge in [-0.1, -0.05) is 0 Å². The van der Waals surface area contributed by atoms with Crippen molar-refractivity contribution in [2.24, 2.45) is 0 Å². The third-order valence-corrected chi connectivity index (χ3v) is 3.78. The molecule has 0 spiro atoms. The van der Waals surface area contributed by atoms with E-state index in [-0.39, 0.29) is 30.5 Å². The number of piperidine rings is 1. The lowest BCUT2D eigenvalue weighted by atomic mass is 10.0. The number of nitrogens with one attached hydrogen (secondary N) is 1. The molecule has 1 N–H and O–H groups in total. The summed E-state index contributed by atoms with van der Waals surface area (Å²) in [5, 5.41) is 2.71. The summed E-state index contributed by atoms with van der Waals surface area (Å²) < 4.78 is 9.84. The molecule has 0 saturated carbocycles. The Balaban J connectivity index is 2.48. The standard InChI is InChI=1S/C15H27N3O5/c1-4-23-15(21)17-8-5-13(6-9-17)18(12(2)19)11-14(20)16-7-10-22-3/h13H,4-11H2,1-3H3,(H,16,20). The molecule has 23 heavy (non-hydrogen) atoms. The Morgan fingerprint density at radius 3 is 2.43 bits per heavy atom. The molecule has 0 aromatic rings. The highest BCUT2D eigenvalue weighted by Crippen LogP contribution is 2.17. The second-order valence-corrected chi connectivity index (χ2v) is 5.41. The minimum atomic E-state index is -0.322. The molecule has 8 heteroatoms. The number of methoxy groups -OCH3 is 1. The van der Waals surface area contributed by atoms with Gasteiger partial charge in [-0.2, -0.15) is 0 Å². The van der Waals surface area contributed by atoms with E-state index in [1.165, 1.54) is 6.92 Å². The molecule has 0 unspecified atom stereocenters. The minimum absolute atomic E-state index is 0.0309. The Hall–Kier alpha value is -1.83. The average Bonchev–Trinajstić information content (AvgIpc) is 2.53. The first-order valence-electron chi connectivity index (χ1n) is 7.94. The van der Waals surface area contributed by atoms with E-state index in [1.807, 2.05) is 0 Å². The van der Waals surface area contributed by atoms with Crippen molar-refractivity contribution >= 4 is 17.9 Å². The molecule has 0 aromatic carbocycles. The van der Waals surface area contributed by atoms with Gasteiger partial charge >= 0.3 is 6.09 Å². The van der Waals surface area contributed by atoms with Crippen molar-refractivity contribution in [2.75, 3.05) is 46.5 Å². The van der Waals surface area contributed by atoms with E-state index in [0.717, 1.165) is 0 Å². The number of ether oxygens (including phenoxy) is 2. The quantitative estimate of drug-likeness (QED) is 0.675. The van der Waals surface area contributed by atoms with E-state index in [1.54, 1.807) is 23.8 Å². The summed E-state index contributed by atoms with van der Waals surface area (Å²) in [7, 11) is 1.56. The number of hydrogen-bond donors (Lipinski definition) is 1. The normalized spacial score (nSPS) is 15.2. The van der Waals surface area contributed by atoms with E-state index < -0.39 is 0 Å². The zero-order chi connectivity index (χ0) is 17.2. The van der Waals surface area contributed by atoms with Crippen molar-refractivity contribution in [1.29, 1.82) is 0 Å². The lowest BCUT2D eigenvalue weighted by Gasteiger charge is -2.37. The Bertz CT molecular complexity index is 408. The molecule has 8 nitrogen and oxygen atoms in total. The van der Waals surface area contributed by atoms with Gasteiger partial charge in [0.15, 0.2) is 0 Å². The molecule has 0 aliphatic carbocycles. The summed E-state index contributed by atoms with van der Waals surface area (Å²) in [6.45, 7) is 5.51. The van der Waals surface area contributed by atoms with Crippen LogP contribution in [0.15, 0.2) is 0 Å². The van der Waals surface area contributed by atoms with Gasteiger partial charge in [0.1, 0.15) is 0 Å². The van der Waals surface area contributed by atoms with Gasteiger partial charge in [-0.05, 0) is 19.8 Å². The Morgan fingerprint density at radius 2 is 1.91 bits per heavy atom. The van der Waals surface area contributed by atoms with Crippen molar-refractivity contribution in [3.8, 4) is 0 Å². The third-order valence-electron chi connectivity index (χ3n) is 3.78. The lowest BCUT2D eigenvalue weighted by Crippen LogP contribution is -2.51. The SMILES string of the molecule is CCOC(=O)N1CCC(N(CC(=O)NCCOC)C(C)=O)CC1. The number of rotatable bonds is 7. The molecular weight excluding hydrogens is 302 g/mol. The fraction of sp³-hybridized carbons (Fsp3) is 0.800. The Kier molecular flexibility index (Phi) is 8.39. The Morgan fingerprint density at radius 1 is 1.26 bits per heavy atom. The van der Waals surface area contributed by atoms with Crippen LogP contribution in [0.3, 0.4) is 0 Å². The zero-order valence-corrected chi connectivity index (χ0v) is 14.2. The number of nitrogens with zero attached hydrogens (tertiary/aromatic N) is 2. The molecule has 1 aliphatic rings. The molecule has 1 aliphatic heterocycles. The monoisotopic (exact) mass is 329 g/mol. The largest absolute Gasteiger partial charge is 0.450 e. The summed E-state index contributed by atoms with van der Waals surface area (Å²) in [5.41, 5.74) is 0. The average molecular weight is 329 g/mol. The predicted molar refractivity (Wildman–Crippen MR) is 83.9 cm³/mol. The van der Waals surface area contributed by atoms with Crippen LogP contribution in [-0.2, 0) is 19.1 Å². The van der Waals surface area contributed by atoms with Crippen LogP contribution in [0.1, 0.15) is 26.7 Å². The molecule has 1 saturated heterocycles. The molecule has 3 amide bonds. The maximum atomic E-state index is 11.9. The van der Waals surface area contributed by atoms with Crippen molar-refractivity contribution < 1.29 is 23.9 Å². The van der Waals surface area contributed by atoms with Crippen LogP contribution < -0.4 is 5.32 Å². The molecule has 132 valence electrons. The summed E-state index contributed by atoms with van der Waals surface area (Å²) in [5.74, 6) is -0.341. The molecule has 0 bridgehead atoms. The van der Waals surface area contributed by atoms with E-state index >= 15 is 0 Å². The summed E-state index contributed by atoms with van der Waals surface area (Å²) in [6, 6.07) is -0.0358. The van der Waals surface area contributed by atoms with Crippen LogP contribution in [0, 0.1) is 0 Å². The third kappa shape index (κ3) is 6.43. The molecule has 0 radical (unpaired) electrons. The van der Waals surface area contributed by atoms with E-state index in [4.69, 9.17) is 9.47 Å². The van der Waals surface area contributed by atoms with Crippen LogP contribution >= 0.6 is 0 Å². The zero-order valence-electron chi connectivity index (χ0n) is 14.2. The molecule has 1 rings (SSSR count). The molecule has 1 fully saturated rings. The molecule has 1 heterocycles. The van der Waals surface area contributed by atoms with Gasteiger partial charge in [0, 0.05) is 39.7 Å². The number of carbonyl (C=O) groups excluding carboxylic acids is 3. The fourth-order valence-electron chi connectivity index (χ4n) is 2.58. The van der Waals surface area contributed by atoms with Gasteiger partial charge in [-0.15, -0.1) is 0 Å². The van der Waals surface area contributed by atoms with Crippen molar-refractivity contribution in [1.82, 2.24) is 15.1 Å². The first-order chi connectivity index (χ1) is 11.0. The molecule has 0 aromatic heterocycles. The lowest BCUT2D eigenvalue weighted by molar-refractivity contribution is -0.137. The van der Waals surface area contributed by atoms with Gasteiger partial charge in [-0.25, -0.2) is 4.79 Å². The summed E-state index contributed by atoms with van der Waals surface area (Å²) in [4.78, 5) is 38.6. The van der Waals surface area contributed by atoms with Crippen LogP contribution in [0.2, 0.25) is 0 Å². The highest BCUT2D eigenvalue weighted by molar-refractivity contribution is 5.84. The van der Waals surface area contributed by atoms with Crippen LogP contribution in [0.5, 0.6) is 0 Å². The van der Waals surface area contributed by atoms with E-state index in [2.05, 4.69) is 5.32 Å². The topological polar surface area (TPSA) is 88.2 Å². The van der Waals surface area contributed by atoms with Crippen LogP contribution in [-0.4, -0.2) is 80.3 Å². The minimum Gasteiger partial charge on any atom is -0.450 e. The molecular formula is C15H27N3O5. The second kappa shape index (κ2) is 10.0. The van der Waals surface area contributed by atoms with Crippen molar-refractivity contribution in [2.45, 2.75) is 32.7 Å². The highest BCUT2D eigenvalue weighted by Gasteiger charge is 2.29. The van der Waals surface area contributed by atoms with Gasteiger partial charge in [0.05, 0.1) is 19.8 Å². The number of hydrogen-bond acceptors (Lipinski definition) is 5. The fourth-order valence-corrected chi connectivity index (χ4v) is 2.58. The number of carbonyl (C=O) groups is 3. The number of amides is 3. The van der Waals surface area contributed by atoms with Crippen molar-refractivity contribution in [3.05, 3.63) is 0 Å². The maximum Gasteiger partial charge on any atom is 0.409 e. The van der Waals surface area contributed by atoms with E-state index in [0.29, 0.717) is 45.7 Å². The predicted octanol–water partition coefficient (Wildman–Crippen LogP) is 0.218. The Labute approximate surface area is 137 Å². The summed E-state index contributed by atoms with van der Waals surface area (Å²) in [6.07, 6.45) is 0.964. The highest BCUT2D eigenvalue weighted by atomic mass is 16.6. The molecule has 0 atom stereocenters. The van der Waals surface area contributed by atoms with E-state index in [9.17, 15) is 14.4 Å². The first kappa shape index (κ1) is 19.2. The maximum absolute atomic E-state index is 11.9. The van der Waals surface area contributed by atoms with Gasteiger partial charge in [0.2, 0.25) is 11.8 Å². The van der Waals surface area contributed by atoms with Gasteiger partial charge in [-0.3, -0.25) is 9.59 Å². The van der Waals surface area contributed by atoms with Gasteiger partial charge in [0.25, 0.3) is 0 Å². The summed E-state index contributed by atoms with van der Waals surface area (Å²) >= 11 is 0. The van der Waals surface area contributed by atoms with Gasteiger partial charge < -0.3 is 24.6 Å². The van der Waals surface area contributed by atoms with Crippen molar-refractivity contribution in [3.63, 3.8) is 0 Å². The van der Waals surface area contributed by atoms with Crippen LogP contribution in [0.25, 0.3) is 0 Å². The first-order valence-corrected chi connectivity index (χ1v) is 7.94. The second-order valence-electron chi connectivity index (χ2n) is 5.41.